The second-order valence-electron chi connectivity index (χ2n) is 13.0. The monoisotopic (exact) mass is 583 g/mol. The number of carbonyl (C=O) groups is 4. The van der Waals surface area contributed by atoms with Crippen LogP contribution < -0.4 is 5.32 Å². The van der Waals surface area contributed by atoms with E-state index in [9.17, 15) is 19.2 Å². The van der Waals surface area contributed by atoms with Gasteiger partial charge in [-0.05, 0) is 68.7 Å². The zero-order valence-corrected chi connectivity index (χ0v) is 25.6. The second kappa shape index (κ2) is 11.3. The first-order valence-electron chi connectivity index (χ1n) is 15.7. The molecule has 2 bridgehead atoms. The minimum atomic E-state index is -0.479. The van der Waals surface area contributed by atoms with E-state index in [1.165, 1.54) is 0 Å². The molecule has 1 saturated heterocycles. The summed E-state index contributed by atoms with van der Waals surface area (Å²) in [6.07, 6.45) is 11.2. The van der Waals surface area contributed by atoms with Crippen LogP contribution in [0.25, 0.3) is 22.0 Å². The van der Waals surface area contributed by atoms with E-state index in [0.717, 1.165) is 59.7 Å². The van der Waals surface area contributed by atoms with Gasteiger partial charge in [0.25, 0.3) is 0 Å². The molecule has 2 amide bonds. The van der Waals surface area contributed by atoms with Crippen LogP contribution in [0, 0.1) is 18.3 Å². The number of nitrogens with zero attached hydrogens (tertiary/aromatic N) is 4. The molecule has 1 aliphatic carbocycles. The molecule has 0 unspecified atom stereocenters. The summed E-state index contributed by atoms with van der Waals surface area (Å²) in [5, 5.41) is 3.96. The summed E-state index contributed by atoms with van der Waals surface area (Å²) in [6.45, 7) is 7.92. The van der Waals surface area contributed by atoms with Crippen molar-refractivity contribution in [3.05, 3.63) is 47.7 Å². The van der Waals surface area contributed by atoms with Gasteiger partial charge in [0.2, 0.25) is 11.8 Å². The van der Waals surface area contributed by atoms with Crippen LogP contribution in [-0.2, 0) is 27.3 Å². The van der Waals surface area contributed by atoms with Gasteiger partial charge in [-0.25, -0.2) is 9.97 Å². The highest BCUT2D eigenvalue weighted by Gasteiger charge is 2.66. The smallest absolute Gasteiger partial charge is 0.243 e. The van der Waals surface area contributed by atoms with Crippen molar-refractivity contribution >= 4 is 34.3 Å². The van der Waals surface area contributed by atoms with Crippen molar-refractivity contribution < 1.29 is 19.2 Å². The number of hydrogen-bond donors (Lipinski definition) is 1. The molecule has 2 fully saturated rings. The van der Waals surface area contributed by atoms with E-state index in [1.54, 1.807) is 24.2 Å². The molecule has 0 radical (unpaired) electrons. The van der Waals surface area contributed by atoms with Crippen molar-refractivity contribution in [3.8, 4) is 11.1 Å². The topological polar surface area (TPSA) is 114 Å². The molecule has 9 nitrogen and oxygen atoms in total. The van der Waals surface area contributed by atoms with Crippen molar-refractivity contribution in [2.24, 2.45) is 11.3 Å². The lowest BCUT2D eigenvalue weighted by Crippen LogP contribution is -2.44. The molecule has 1 N–H and O–H groups in total. The van der Waals surface area contributed by atoms with Gasteiger partial charge in [0.1, 0.15) is 12.4 Å². The fraction of sp³-hybridized carbons (Fsp3) is 0.529. The van der Waals surface area contributed by atoms with Gasteiger partial charge in [0.15, 0.2) is 11.6 Å². The highest BCUT2D eigenvalue weighted by molar-refractivity contribution is 6.09. The van der Waals surface area contributed by atoms with Crippen molar-refractivity contribution in [2.45, 2.75) is 97.7 Å². The molecule has 2 aromatic heterocycles. The Balaban J connectivity index is 1.45. The molecular formula is C34H41N5O4. The first-order valence-corrected chi connectivity index (χ1v) is 15.7. The maximum Gasteiger partial charge on any atom is 0.243 e. The number of benzene rings is 1. The molecule has 4 heterocycles. The van der Waals surface area contributed by atoms with Crippen LogP contribution in [0.1, 0.15) is 87.5 Å². The Bertz CT molecular complexity index is 1610. The zero-order chi connectivity index (χ0) is 30.5. The minimum absolute atomic E-state index is 0.0439. The van der Waals surface area contributed by atoms with Crippen LogP contribution in [0.5, 0.6) is 0 Å². The molecular weight excluding hydrogens is 542 g/mol. The van der Waals surface area contributed by atoms with Crippen molar-refractivity contribution in [1.29, 1.82) is 0 Å². The number of rotatable bonds is 4. The molecule has 1 aromatic carbocycles. The number of ketones is 2. The molecule has 4 atom stereocenters. The Morgan fingerprint density at radius 1 is 1.09 bits per heavy atom. The summed E-state index contributed by atoms with van der Waals surface area (Å²) in [7, 11) is 0. The van der Waals surface area contributed by atoms with Crippen molar-refractivity contribution in [3.63, 3.8) is 0 Å². The molecule has 2 aliphatic heterocycles. The number of nitrogens with one attached hydrogen (secondary N) is 1. The lowest BCUT2D eigenvalue weighted by Gasteiger charge is -2.27. The molecule has 43 heavy (non-hydrogen) atoms. The van der Waals surface area contributed by atoms with Crippen molar-refractivity contribution in [1.82, 2.24) is 24.8 Å². The third kappa shape index (κ3) is 5.50. The van der Waals surface area contributed by atoms with E-state index in [1.807, 2.05) is 30.7 Å². The van der Waals surface area contributed by atoms with Crippen LogP contribution in [0.3, 0.4) is 0 Å². The number of aromatic nitrogens is 3. The number of carbonyl (C=O) groups excluding carboxylic acids is 4. The summed E-state index contributed by atoms with van der Waals surface area (Å²) in [4.78, 5) is 63.5. The Hall–Kier alpha value is -3.88. The normalized spacial score (nSPS) is 26.1. The Morgan fingerprint density at radius 3 is 2.58 bits per heavy atom. The van der Waals surface area contributed by atoms with E-state index in [2.05, 4.69) is 28.3 Å². The number of aryl methyl sites for hydroxylation is 2. The lowest BCUT2D eigenvalue weighted by molar-refractivity contribution is -0.139. The molecule has 6 rings (SSSR count). The van der Waals surface area contributed by atoms with Gasteiger partial charge >= 0.3 is 0 Å². The lowest BCUT2D eigenvalue weighted by atomic mass is 9.94. The first-order chi connectivity index (χ1) is 20.6. The molecule has 9 heteroatoms. The molecule has 0 spiro atoms. The fourth-order valence-electron chi connectivity index (χ4n) is 7.39. The van der Waals surface area contributed by atoms with Crippen LogP contribution >= 0.6 is 0 Å². The van der Waals surface area contributed by atoms with Gasteiger partial charge in [-0.15, -0.1) is 0 Å². The maximum atomic E-state index is 14.1. The van der Waals surface area contributed by atoms with Crippen LogP contribution in [0.4, 0.5) is 0 Å². The average molecular weight is 584 g/mol. The number of amides is 2. The average Bonchev–Trinajstić information content (AvgIpc) is 3.39. The molecule has 3 aliphatic rings. The van der Waals surface area contributed by atoms with E-state index < -0.39 is 6.04 Å². The highest BCUT2D eigenvalue weighted by Crippen LogP contribution is 2.59. The highest BCUT2D eigenvalue weighted by atomic mass is 16.2. The Kier molecular flexibility index (Phi) is 7.69. The number of piperidine rings is 1. The van der Waals surface area contributed by atoms with Gasteiger partial charge < -0.3 is 14.8 Å². The second-order valence-corrected chi connectivity index (χ2v) is 13.0. The predicted molar refractivity (Wildman–Crippen MR) is 163 cm³/mol. The van der Waals surface area contributed by atoms with E-state index in [4.69, 9.17) is 0 Å². The summed E-state index contributed by atoms with van der Waals surface area (Å²) in [5.41, 5.74) is 4.09. The molecule has 3 aromatic rings. The summed E-state index contributed by atoms with van der Waals surface area (Å²) in [5.74, 6) is 0.863. The van der Waals surface area contributed by atoms with Gasteiger partial charge in [0.05, 0.1) is 11.6 Å². The number of Topliss-reactive ketones (excluding diaryl/α,β-unsaturated/α-hetero) is 2. The van der Waals surface area contributed by atoms with Crippen molar-refractivity contribution in [2.75, 3.05) is 6.54 Å². The summed E-state index contributed by atoms with van der Waals surface area (Å²) >= 11 is 0. The van der Waals surface area contributed by atoms with Gasteiger partial charge in [-0.3, -0.25) is 19.2 Å². The van der Waals surface area contributed by atoms with Crippen LogP contribution in [0.15, 0.2) is 30.7 Å². The largest absolute Gasteiger partial charge is 0.355 e. The predicted octanol–water partition coefficient (Wildman–Crippen LogP) is 4.82. The van der Waals surface area contributed by atoms with Gasteiger partial charge in [0, 0.05) is 65.9 Å². The summed E-state index contributed by atoms with van der Waals surface area (Å²) in [6, 6.07) is 3.61. The van der Waals surface area contributed by atoms with E-state index >= 15 is 0 Å². The first kappa shape index (κ1) is 29.2. The SMILES string of the molecule is CCC(=O)[C@@H]1C[C@]23CNC(=O)C[C@H](C)CCCCc4cc(-c5cnc(C)nc5)cc5c(C(C)=O)cn(c45)CC(=O)N1[C@@H]2C3. The van der Waals surface area contributed by atoms with E-state index in [-0.39, 0.29) is 47.3 Å². The fourth-order valence-corrected chi connectivity index (χ4v) is 7.39. The molecule has 226 valence electrons. The summed E-state index contributed by atoms with van der Waals surface area (Å²) < 4.78 is 1.93. The Morgan fingerprint density at radius 2 is 1.86 bits per heavy atom. The minimum Gasteiger partial charge on any atom is -0.355 e. The van der Waals surface area contributed by atoms with Crippen LogP contribution in [0.2, 0.25) is 0 Å². The Labute approximate surface area is 252 Å². The maximum absolute atomic E-state index is 14.1. The quantitative estimate of drug-likeness (QED) is 0.441. The van der Waals surface area contributed by atoms with Gasteiger partial charge in [-0.1, -0.05) is 26.7 Å². The third-order valence-corrected chi connectivity index (χ3v) is 9.84. The van der Waals surface area contributed by atoms with Crippen LogP contribution in [-0.4, -0.2) is 61.4 Å². The standard InChI is InChI=1S/C34H41N5O4/c1-5-29(41)28-13-34-14-30(34)39(28)32(43)18-38-17-27(21(3)40)26-12-24(25-15-35-22(4)36-16-25)11-23(33(26)38)9-7-6-8-20(2)10-31(42)37-19-34/h11-12,15-17,20,28,30H,5-10,13-14,18-19H2,1-4H3,(H,37,42)/t20-,28+,30-,34+/m1/s1. The van der Waals surface area contributed by atoms with Gasteiger partial charge in [-0.2, -0.15) is 0 Å². The number of hydrogen-bond acceptors (Lipinski definition) is 6. The molecule has 1 saturated carbocycles. The van der Waals surface area contributed by atoms with E-state index in [0.29, 0.717) is 37.2 Å². The zero-order valence-electron chi connectivity index (χ0n) is 25.6. The third-order valence-electron chi connectivity index (χ3n) is 9.84.